The van der Waals surface area contributed by atoms with Gasteiger partial charge in [0.15, 0.2) is 17.5 Å². The highest BCUT2D eigenvalue weighted by molar-refractivity contribution is 6.15. The molecule has 16 aromatic rings. The Hall–Kier alpha value is -10.4. The van der Waals surface area contributed by atoms with E-state index in [0.29, 0.717) is 17.5 Å². The highest BCUT2D eigenvalue weighted by atomic mass is 16.3. The molecule has 76 heavy (non-hydrogen) atoms. The van der Waals surface area contributed by atoms with Gasteiger partial charge in [0.2, 0.25) is 0 Å². The summed E-state index contributed by atoms with van der Waals surface area (Å²) in [6, 6.07) is 87.4. The van der Waals surface area contributed by atoms with E-state index in [2.05, 4.69) is 215 Å². The molecule has 0 unspecified atom stereocenters. The largest absolute Gasteiger partial charge is 0.456 e. The highest BCUT2D eigenvalue weighted by Gasteiger charge is 2.22. The number of fused-ring (bicyclic) bond motifs is 12. The fourth-order valence-corrected chi connectivity index (χ4v) is 11.7. The Morgan fingerprint density at radius 1 is 0.250 bits per heavy atom. The van der Waals surface area contributed by atoms with Crippen LogP contribution in [0.25, 0.3) is 155 Å². The minimum Gasteiger partial charge on any atom is -0.456 e. The van der Waals surface area contributed by atoms with Crippen LogP contribution >= 0.6 is 0 Å². The smallest absolute Gasteiger partial charge is 0.164 e. The first kappa shape index (κ1) is 42.2. The number of furan rings is 2. The standard InChI is InChI=1S/C69H41N5O2/c1-3-16-42(17-4-1)67-70-68(45-30-34-53-54-35-33-47(41-65(54)76-64(53)40-45)74-58-26-12-9-22-50(58)51-23-10-13-27-59(51)74)72-69(71-67)55-25-15-29-63-66(55)57-39-44(32-37-62(57)75-63)49-21-8-7-20-48(49)43-31-36-61-56(38-43)52-24-11-14-28-60(52)73(61)46-18-5-2-6-19-46/h1-41H. The number of nitrogens with zero attached hydrogens (tertiary/aromatic N) is 5. The molecule has 0 amide bonds. The molecular weight excluding hydrogens is 931 g/mol. The quantitative estimate of drug-likeness (QED) is 0.159. The molecular formula is C69H41N5O2. The molecule has 0 saturated carbocycles. The van der Waals surface area contributed by atoms with Crippen LogP contribution in [0.2, 0.25) is 0 Å². The van der Waals surface area contributed by atoms with Gasteiger partial charge in [-0.05, 0) is 107 Å². The van der Waals surface area contributed by atoms with Gasteiger partial charge in [-0.15, -0.1) is 0 Å². The van der Waals surface area contributed by atoms with E-state index in [4.69, 9.17) is 23.8 Å². The van der Waals surface area contributed by atoms with E-state index >= 15 is 0 Å². The lowest BCUT2D eigenvalue weighted by molar-refractivity contribution is 0.668. The molecule has 0 aliphatic rings. The van der Waals surface area contributed by atoms with Gasteiger partial charge in [0.25, 0.3) is 0 Å². The fourth-order valence-electron chi connectivity index (χ4n) is 11.7. The summed E-state index contributed by atoms with van der Waals surface area (Å²) in [6.45, 7) is 0. The molecule has 0 N–H and O–H groups in total. The van der Waals surface area contributed by atoms with Crippen molar-refractivity contribution in [2.24, 2.45) is 0 Å². The van der Waals surface area contributed by atoms with E-state index in [1.54, 1.807) is 0 Å². The fraction of sp³-hybridized carbons (Fsp3) is 0. The van der Waals surface area contributed by atoms with Crippen molar-refractivity contribution in [2.45, 2.75) is 0 Å². The Kier molecular flexibility index (Phi) is 9.20. The Morgan fingerprint density at radius 2 is 0.750 bits per heavy atom. The predicted octanol–water partition coefficient (Wildman–Crippen LogP) is 18.2. The summed E-state index contributed by atoms with van der Waals surface area (Å²) in [7, 11) is 0. The molecule has 0 spiro atoms. The summed E-state index contributed by atoms with van der Waals surface area (Å²) in [4.78, 5) is 15.7. The third-order valence-electron chi connectivity index (χ3n) is 15.2. The summed E-state index contributed by atoms with van der Waals surface area (Å²) in [5.74, 6) is 1.66. The van der Waals surface area contributed by atoms with Gasteiger partial charge in [-0.1, -0.05) is 158 Å². The molecule has 354 valence electrons. The molecule has 0 atom stereocenters. The zero-order chi connectivity index (χ0) is 49.8. The molecule has 0 aliphatic carbocycles. The SMILES string of the molecule is c1ccc(-c2nc(-c3ccc4c(c3)oc3cc(-n5c6ccccc6c6ccccc65)ccc34)nc(-c3cccc4oc5ccc(-c6ccccc6-c6ccc7c(c6)c6ccccc6n7-c6ccccc6)cc5c34)n2)cc1. The van der Waals surface area contributed by atoms with Crippen LogP contribution in [-0.4, -0.2) is 24.1 Å². The van der Waals surface area contributed by atoms with Crippen molar-refractivity contribution in [1.82, 2.24) is 24.1 Å². The number of rotatable bonds is 7. The van der Waals surface area contributed by atoms with Crippen LogP contribution in [0.15, 0.2) is 258 Å². The van der Waals surface area contributed by atoms with Gasteiger partial charge in [-0.2, -0.15) is 0 Å². The molecule has 0 aliphatic heterocycles. The normalized spacial score (nSPS) is 11.9. The van der Waals surface area contributed by atoms with E-state index in [-0.39, 0.29) is 0 Å². The number of para-hydroxylation sites is 4. The van der Waals surface area contributed by atoms with Crippen molar-refractivity contribution in [2.75, 3.05) is 0 Å². The zero-order valence-electron chi connectivity index (χ0n) is 40.7. The lowest BCUT2D eigenvalue weighted by Gasteiger charge is -2.12. The number of benzene rings is 11. The first-order valence-electron chi connectivity index (χ1n) is 25.6. The highest BCUT2D eigenvalue weighted by Crippen LogP contribution is 2.43. The lowest BCUT2D eigenvalue weighted by atomic mass is 9.92. The van der Waals surface area contributed by atoms with Crippen molar-refractivity contribution >= 4 is 87.5 Å². The zero-order valence-corrected chi connectivity index (χ0v) is 40.7. The second kappa shape index (κ2) is 16.6. The maximum Gasteiger partial charge on any atom is 0.164 e. The molecule has 11 aromatic carbocycles. The molecule has 0 saturated heterocycles. The van der Waals surface area contributed by atoms with E-state index in [9.17, 15) is 0 Å². The molecule has 16 rings (SSSR count). The van der Waals surface area contributed by atoms with Crippen LogP contribution in [0.4, 0.5) is 0 Å². The van der Waals surface area contributed by atoms with Gasteiger partial charge in [0.1, 0.15) is 22.3 Å². The lowest BCUT2D eigenvalue weighted by Crippen LogP contribution is -2.00. The van der Waals surface area contributed by atoms with E-state index in [1.165, 1.54) is 32.6 Å². The topological polar surface area (TPSA) is 74.8 Å². The predicted molar refractivity (Wildman–Crippen MR) is 310 cm³/mol. The maximum atomic E-state index is 6.74. The Bertz CT molecular complexity index is 4950. The van der Waals surface area contributed by atoms with Crippen molar-refractivity contribution < 1.29 is 8.83 Å². The monoisotopic (exact) mass is 971 g/mol. The third-order valence-corrected chi connectivity index (χ3v) is 15.2. The minimum absolute atomic E-state index is 0.542. The van der Waals surface area contributed by atoms with E-state index < -0.39 is 0 Å². The minimum atomic E-state index is 0.542. The second-order valence-electron chi connectivity index (χ2n) is 19.5. The Labute approximate surface area is 434 Å². The van der Waals surface area contributed by atoms with Crippen molar-refractivity contribution in [3.8, 4) is 67.8 Å². The van der Waals surface area contributed by atoms with E-state index in [0.717, 1.165) is 105 Å². The van der Waals surface area contributed by atoms with E-state index in [1.807, 2.05) is 42.5 Å². The first-order valence-corrected chi connectivity index (χ1v) is 25.6. The first-order chi connectivity index (χ1) is 37.7. The summed E-state index contributed by atoms with van der Waals surface area (Å²) < 4.78 is 18.1. The Balaban J connectivity index is 0.818. The summed E-state index contributed by atoms with van der Waals surface area (Å²) in [5.41, 5.74) is 17.0. The molecule has 0 bridgehead atoms. The van der Waals surface area contributed by atoms with Gasteiger partial charge in [-0.3, -0.25) is 0 Å². The molecule has 5 aromatic heterocycles. The average Bonchev–Trinajstić information content (AvgIpc) is 4.30. The number of aromatic nitrogens is 5. The van der Waals surface area contributed by atoms with Gasteiger partial charge in [0, 0.05) is 77.2 Å². The van der Waals surface area contributed by atoms with Gasteiger partial charge in [-0.25, -0.2) is 15.0 Å². The summed E-state index contributed by atoms with van der Waals surface area (Å²) in [6.07, 6.45) is 0. The molecule has 0 radical (unpaired) electrons. The molecule has 7 nitrogen and oxygen atoms in total. The van der Waals surface area contributed by atoms with Crippen molar-refractivity contribution in [3.05, 3.63) is 249 Å². The van der Waals surface area contributed by atoms with Crippen LogP contribution < -0.4 is 0 Å². The third kappa shape index (κ3) is 6.52. The van der Waals surface area contributed by atoms with Gasteiger partial charge < -0.3 is 18.0 Å². The van der Waals surface area contributed by atoms with Gasteiger partial charge in [0.05, 0.1) is 22.1 Å². The second-order valence-corrected chi connectivity index (χ2v) is 19.5. The van der Waals surface area contributed by atoms with Crippen LogP contribution in [0.5, 0.6) is 0 Å². The van der Waals surface area contributed by atoms with Crippen LogP contribution in [-0.2, 0) is 0 Å². The summed E-state index contributed by atoms with van der Waals surface area (Å²) in [5, 5.41) is 8.85. The van der Waals surface area contributed by atoms with Crippen LogP contribution in [0, 0.1) is 0 Å². The molecule has 0 fully saturated rings. The average molecular weight is 972 g/mol. The Morgan fingerprint density at radius 3 is 1.46 bits per heavy atom. The number of hydrogen-bond acceptors (Lipinski definition) is 5. The van der Waals surface area contributed by atoms with Crippen LogP contribution in [0.1, 0.15) is 0 Å². The number of hydrogen-bond donors (Lipinski definition) is 0. The van der Waals surface area contributed by atoms with Crippen molar-refractivity contribution in [1.29, 1.82) is 0 Å². The summed E-state index contributed by atoms with van der Waals surface area (Å²) >= 11 is 0. The maximum absolute atomic E-state index is 6.74. The molecule has 5 heterocycles. The van der Waals surface area contributed by atoms with Gasteiger partial charge >= 0.3 is 0 Å². The van der Waals surface area contributed by atoms with Crippen LogP contribution in [0.3, 0.4) is 0 Å². The van der Waals surface area contributed by atoms with Crippen molar-refractivity contribution in [3.63, 3.8) is 0 Å². The molecule has 7 heteroatoms.